The molecule has 0 bridgehead atoms. The first kappa shape index (κ1) is 13.7. The predicted octanol–water partition coefficient (Wildman–Crippen LogP) is 2.54. The third-order valence-corrected chi connectivity index (χ3v) is 3.47. The Bertz CT molecular complexity index is 522. The maximum atomic E-state index is 12.9. The van der Waals surface area contributed by atoms with E-state index >= 15 is 0 Å². The Kier molecular flexibility index (Phi) is 3.42. The van der Waals surface area contributed by atoms with Crippen molar-refractivity contribution in [3.8, 4) is 6.07 Å². The predicted molar refractivity (Wildman–Crippen MR) is 63.6 cm³/mol. The van der Waals surface area contributed by atoms with Crippen molar-refractivity contribution >= 4 is 5.69 Å². The summed E-state index contributed by atoms with van der Waals surface area (Å²) in [6, 6.07) is 4.97. The first-order valence-electron chi connectivity index (χ1n) is 5.90. The molecule has 0 radical (unpaired) electrons. The highest BCUT2D eigenvalue weighted by Gasteiger charge is 2.35. The van der Waals surface area contributed by atoms with Crippen LogP contribution in [0.15, 0.2) is 18.2 Å². The van der Waals surface area contributed by atoms with Crippen molar-refractivity contribution in [3.05, 3.63) is 29.3 Å². The number of aliphatic hydroxyl groups is 1. The summed E-state index contributed by atoms with van der Waals surface area (Å²) in [5.74, 6) is 0. The van der Waals surface area contributed by atoms with E-state index in [-0.39, 0.29) is 11.6 Å². The Hall–Kier alpha value is -1.74. The van der Waals surface area contributed by atoms with E-state index in [1.54, 1.807) is 17.9 Å². The Labute approximate surface area is 108 Å². The van der Waals surface area contributed by atoms with Gasteiger partial charge in [0.1, 0.15) is 0 Å². The summed E-state index contributed by atoms with van der Waals surface area (Å²) in [5, 5.41) is 18.4. The van der Waals surface area contributed by atoms with Crippen LogP contribution in [-0.2, 0) is 6.18 Å². The maximum absolute atomic E-state index is 12.9. The Morgan fingerprint density at radius 1 is 1.42 bits per heavy atom. The molecule has 1 aromatic rings. The van der Waals surface area contributed by atoms with Crippen LogP contribution < -0.4 is 4.90 Å². The van der Waals surface area contributed by atoms with Crippen LogP contribution in [0, 0.1) is 11.3 Å². The molecule has 0 spiro atoms. The van der Waals surface area contributed by atoms with Gasteiger partial charge < -0.3 is 10.0 Å². The second-order valence-corrected chi connectivity index (χ2v) is 4.63. The van der Waals surface area contributed by atoms with Crippen molar-refractivity contribution in [1.82, 2.24) is 0 Å². The maximum Gasteiger partial charge on any atom is 0.417 e. The third kappa shape index (κ3) is 2.51. The smallest absolute Gasteiger partial charge is 0.391 e. The molecule has 0 aliphatic carbocycles. The van der Waals surface area contributed by atoms with Gasteiger partial charge in [-0.25, -0.2) is 0 Å². The van der Waals surface area contributed by atoms with Crippen molar-refractivity contribution in [3.63, 3.8) is 0 Å². The van der Waals surface area contributed by atoms with E-state index < -0.39 is 17.8 Å². The zero-order valence-corrected chi connectivity index (χ0v) is 10.3. The lowest BCUT2D eigenvalue weighted by Gasteiger charge is -2.26. The van der Waals surface area contributed by atoms with E-state index in [9.17, 15) is 18.3 Å². The van der Waals surface area contributed by atoms with Gasteiger partial charge in [-0.1, -0.05) is 0 Å². The molecule has 0 aromatic heterocycles. The second-order valence-electron chi connectivity index (χ2n) is 4.63. The summed E-state index contributed by atoms with van der Waals surface area (Å²) in [6.07, 6.45) is -4.56. The van der Waals surface area contributed by atoms with Crippen molar-refractivity contribution in [1.29, 1.82) is 5.26 Å². The standard InChI is InChI=1S/C13H13F3N2O/c1-8-12(19)4-5-18(8)10-3-2-9(7-17)11(6-10)13(14,15)16/h2-3,6,8,12,19H,4-5H2,1H3/t8-,12-/m0/s1. The van der Waals surface area contributed by atoms with Crippen LogP contribution in [0.3, 0.4) is 0 Å². The average Bonchev–Trinajstić information content (AvgIpc) is 2.68. The van der Waals surface area contributed by atoms with Crippen LogP contribution in [0.1, 0.15) is 24.5 Å². The van der Waals surface area contributed by atoms with Gasteiger partial charge in [0.05, 0.1) is 29.3 Å². The fourth-order valence-corrected chi connectivity index (χ4v) is 2.33. The number of halogens is 3. The molecular weight excluding hydrogens is 257 g/mol. The van der Waals surface area contributed by atoms with Gasteiger partial charge in [0, 0.05) is 12.2 Å². The molecule has 19 heavy (non-hydrogen) atoms. The number of aliphatic hydroxyl groups excluding tert-OH is 1. The van der Waals surface area contributed by atoms with Crippen molar-refractivity contribution < 1.29 is 18.3 Å². The largest absolute Gasteiger partial charge is 0.417 e. The van der Waals surface area contributed by atoms with E-state index in [0.717, 1.165) is 6.07 Å². The molecule has 1 aliphatic heterocycles. The van der Waals surface area contributed by atoms with Crippen LogP contribution in [0.2, 0.25) is 0 Å². The number of benzene rings is 1. The van der Waals surface area contributed by atoms with Gasteiger partial charge in [0.2, 0.25) is 0 Å². The van der Waals surface area contributed by atoms with Gasteiger partial charge in [-0.15, -0.1) is 0 Å². The molecule has 6 heteroatoms. The zero-order chi connectivity index (χ0) is 14.2. The lowest BCUT2D eigenvalue weighted by molar-refractivity contribution is -0.137. The third-order valence-electron chi connectivity index (χ3n) is 3.47. The summed E-state index contributed by atoms with van der Waals surface area (Å²) in [7, 11) is 0. The quantitative estimate of drug-likeness (QED) is 0.853. The fraction of sp³-hybridized carbons (Fsp3) is 0.462. The molecule has 1 fully saturated rings. The minimum atomic E-state index is -4.55. The first-order valence-corrected chi connectivity index (χ1v) is 5.90. The molecule has 0 amide bonds. The molecule has 1 aliphatic rings. The number of rotatable bonds is 1. The van der Waals surface area contributed by atoms with Crippen LogP contribution in [0.25, 0.3) is 0 Å². The molecule has 0 saturated carbocycles. The highest BCUT2D eigenvalue weighted by atomic mass is 19.4. The molecular formula is C13H13F3N2O. The lowest BCUT2D eigenvalue weighted by Crippen LogP contribution is -2.32. The molecule has 102 valence electrons. The molecule has 1 aromatic carbocycles. The van der Waals surface area contributed by atoms with Crippen molar-refractivity contribution in [2.75, 3.05) is 11.4 Å². The zero-order valence-electron chi connectivity index (χ0n) is 10.3. The van der Waals surface area contributed by atoms with Crippen LogP contribution >= 0.6 is 0 Å². The molecule has 2 atom stereocenters. The van der Waals surface area contributed by atoms with E-state index in [1.165, 1.54) is 12.1 Å². The minimum absolute atomic E-state index is 0.228. The summed E-state index contributed by atoms with van der Waals surface area (Å²) >= 11 is 0. The summed E-state index contributed by atoms with van der Waals surface area (Å²) in [5.41, 5.74) is -0.930. The minimum Gasteiger partial charge on any atom is -0.391 e. The van der Waals surface area contributed by atoms with Gasteiger partial charge in [-0.05, 0) is 31.5 Å². The van der Waals surface area contributed by atoms with Crippen molar-refractivity contribution in [2.24, 2.45) is 0 Å². The number of hydrogen-bond acceptors (Lipinski definition) is 3. The highest BCUT2D eigenvalue weighted by molar-refractivity contribution is 5.56. The fourth-order valence-electron chi connectivity index (χ4n) is 2.33. The van der Waals surface area contributed by atoms with Crippen LogP contribution in [0.5, 0.6) is 0 Å². The Morgan fingerprint density at radius 3 is 2.58 bits per heavy atom. The Morgan fingerprint density at radius 2 is 2.11 bits per heavy atom. The van der Waals surface area contributed by atoms with Gasteiger partial charge in [0.25, 0.3) is 0 Å². The number of anilines is 1. The normalized spacial score (nSPS) is 23.5. The SMILES string of the molecule is C[C@H]1[C@@H](O)CCN1c1ccc(C#N)c(C(F)(F)F)c1. The van der Waals surface area contributed by atoms with Gasteiger partial charge in [-0.3, -0.25) is 0 Å². The lowest BCUT2D eigenvalue weighted by atomic mass is 10.1. The number of alkyl halides is 3. The molecule has 2 rings (SSSR count). The second kappa shape index (κ2) is 4.74. The molecule has 1 N–H and O–H groups in total. The molecule has 1 saturated heterocycles. The summed E-state index contributed by atoms with van der Waals surface area (Å²) in [6.45, 7) is 2.27. The average molecular weight is 270 g/mol. The molecule has 3 nitrogen and oxygen atoms in total. The monoisotopic (exact) mass is 270 g/mol. The van der Waals surface area contributed by atoms with E-state index in [4.69, 9.17) is 5.26 Å². The highest BCUT2D eigenvalue weighted by Crippen LogP contribution is 2.36. The van der Waals surface area contributed by atoms with Crippen LogP contribution in [-0.4, -0.2) is 23.8 Å². The number of hydrogen-bond donors (Lipinski definition) is 1. The summed E-state index contributed by atoms with van der Waals surface area (Å²) < 4.78 is 38.6. The van der Waals surface area contributed by atoms with Gasteiger partial charge in [-0.2, -0.15) is 18.4 Å². The molecule has 0 unspecified atom stereocenters. The van der Waals surface area contributed by atoms with E-state index in [1.807, 2.05) is 0 Å². The Balaban J connectivity index is 2.42. The van der Waals surface area contributed by atoms with Crippen LogP contribution in [0.4, 0.5) is 18.9 Å². The van der Waals surface area contributed by atoms with E-state index in [0.29, 0.717) is 18.7 Å². The summed E-state index contributed by atoms with van der Waals surface area (Å²) in [4.78, 5) is 1.72. The topological polar surface area (TPSA) is 47.3 Å². The number of nitrogens with zero attached hydrogens (tertiary/aromatic N) is 2. The van der Waals surface area contributed by atoms with Crippen molar-refractivity contribution in [2.45, 2.75) is 31.7 Å². The number of nitriles is 1. The van der Waals surface area contributed by atoms with E-state index in [2.05, 4.69) is 0 Å². The molecule has 1 heterocycles. The van der Waals surface area contributed by atoms with Gasteiger partial charge >= 0.3 is 6.18 Å². The van der Waals surface area contributed by atoms with Gasteiger partial charge in [0.15, 0.2) is 0 Å². The first-order chi connectivity index (χ1) is 8.84.